The molecule has 168 valence electrons. The molecule has 1 saturated heterocycles. The number of rotatable bonds is 7. The average Bonchev–Trinajstić information content (AvgIpc) is 3.45. The Hall–Kier alpha value is -3.46. The summed E-state index contributed by atoms with van der Waals surface area (Å²) in [7, 11) is 6.15. The van der Waals surface area contributed by atoms with Gasteiger partial charge in [0.05, 0.1) is 40.0 Å². The van der Waals surface area contributed by atoms with Crippen LogP contribution in [0.25, 0.3) is 11.4 Å². The standard InChI is InChI=1S/C22H22ClN3O6/c1-28-16-6-5-14(23)10-15(16)26-11-13(9-19(26)27)22-24-21(25-32-22)12-7-17(29-2)20(31-4)18(8-12)30-3/h5-8,10,13H,9,11H2,1-4H3/t13-/m1/s1. The monoisotopic (exact) mass is 459 g/mol. The lowest BCUT2D eigenvalue weighted by Gasteiger charge is -2.19. The van der Waals surface area contributed by atoms with Crippen molar-refractivity contribution in [1.82, 2.24) is 10.1 Å². The van der Waals surface area contributed by atoms with Crippen molar-refractivity contribution >= 4 is 23.2 Å². The minimum absolute atomic E-state index is 0.0805. The number of ether oxygens (including phenoxy) is 4. The first-order chi connectivity index (χ1) is 15.5. The lowest BCUT2D eigenvalue weighted by Crippen LogP contribution is -2.24. The van der Waals surface area contributed by atoms with E-state index in [9.17, 15) is 4.79 Å². The molecule has 3 aromatic rings. The third-order valence-electron chi connectivity index (χ3n) is 5.27. The van der Waals surface area contributed by atoms with Crippen LogP contribution < -0.4 is 23.8 Å². The van der Waals surface area contributed by atoms with Crippen LogP contribution in [0.15, 0.2) is 34.9 Å². The lowest BCUT2D eigenvalue weighted by atomic mass is 10.1. The zero-order valence-corrected chi connectivity index (χ0v) is 18.8. The topological polar surface area (TPSA) is 96.2 Å². The summed E-state index contributed by atoms with van der Waals surface area (Å²) in [5, 5.41) is 4.61. The molecule has 0 aliphatic carbocycles. The number of nitrogens with zero attached hydrogens (tertiary/aromatic N) is 3. The fourth-order valence-corrected chi connectivity index (χ4v) is 3.87. The highest BCUT2D eigenvalue weighted by molar-refractivity contribution is 6.31. The van der Waals surface area contributed by atoms with E-state index in [1.165, 1.54) is 21.3 Å². The highest BCUT2D eigenvalue weighted by Gasteiger charge is 2.36. The molecule has 1 atom stereocenters. The molecule has 1 aliphatic heterocycles. The first-order valence-electron chi connectivity index (χ1n) is 9.77. The summed E-state index contributed by atoms with van der Waals surface area (Å²) in [4.78, 5) is 18.9. The molecule has 0 radical (unpaired) electrons. The molecule has 2 aromatic carbocycles. The van der Waals surface area contributed by atoms with Crippen LogP contribution in [0, 0.1) is 0 Å². The minimum atomic E-state index is -0.269. The van der Waals surface area contributed by atoms with E-state index in [4.69, 9.17) is 35.1 Å². The van der Waals surface area contributed by atoms with E-state index >= 15 is 0 Å². The third-order valence-corrected chi connectivity index (χ3v) is 5.51. The smallest absolute Gasteiger partial charge is 0.232 e. The fraction of sp³-hybridized carbons (Fsp3) is 0.318. The summed E-state index contributed by atoms with van der Waals surface area (Å²) in [6.07, 6.45) is 0.229. The Labute approximate surface area is 189 Å². The van der Waals surface area contributed by atoms with Crippen molar-refractivity contribution in [3.8, 4) is 34.4 Å². The second-order valence-corrected chi connectivity index (χ2v) is 7.53. The number of aromatic nitrogens is 2. The van der Waals surface area contributed by atoms with Crippen molar-refractivity contribution in [1.29, 1.82) is 0 Å². The fourth-order valence-electron chi connectivity index (χ4n) is 3.71. The molecular formula is C22H22ClN3O6. The second kappa shape index (κ2) is 8.96. The normalized spacial score (nSPS) is 15.7. The molecule has 1 aromatic heterocycles. The van der Waals surface area contributed by atoms with Gasteiger partial charge in [0, 0.05) is 23.6 Å². The maximum absolute atomic E-state index is 12.7. The summed E-state index contributed by atoms with van der Waals surface area (Å²) in [5.41, 5.74) is 1.24. The van der Waals surface area contributed by atoms with Crippen molar-refractivity contribution in [3.63, 3.8) is 0 Å². The van der Waals surface area contributed by atoms with Crippen LogP contribution in [0.2, 0.25) is 5.02 Å². The largest absolute Gasteiger partial charge is 0.495 e. The number of carbonyl (C=O) groups excluding carboxylic acids is 1. The Kier molecular flexibility index (Phi) is 6.09. The van der Waals surface area contributed by atoms with Gasteiger partial charge in [-0.2, -0.15) is 4.98 Å². The number of methoxy groups -OCH3 is 4. The van der Waals surface area contributed by atoms with Crippen molar-refractivity contribution in [2.45, 2.75) is 12.3 Å². The molecule has 9 nitrogen and oxygen atoms in total. The van der Waals surface area contributed by atoms with Crippen LogP contribution in [0.3, 0.4) is 0 Å². The van der Waals surface area contributed by atoms with E-state index in [0.717, 1.165) is 0 Å². The van der Waals surface area contributed by atoms with Gasteiger partial charge in [-0.3, -0.25) is 4.79 Å². The van der Waals surface area contributed by atoms with Gasteiger partial charge in [-0.05, 0) is 30.3 Å². The predicted molar refractivity (Wildman–Crippen MR) is 117 cm³/mol. The van der Waals surface area contributed by atoms with Gasteiger partial charge in [0.2, 0.25) is 23.4 Å². The van der Waals surface area contributed by atoms with Crippen LogP contribution >= 0.6 is 11.6 Å². The number of amides is 1. The molecule has 1 amide bonds. The molecule has 4 rings (SSSR count). The van der Waals surface area contributed by atoms with Crippen molar-refractivity contribution < 1.29 is 28.3 Å². The molecule has 0 spiro atoms. The number of hydrogen-bond donors (Lipinski definition) is 0. The van der Waals surface area contributed by atoms with Gasteiger partial charge in [-0.15, -0.1) is 0 Å². The first kappa shape index (κ1) is 21.8. The molecule has 10 heteroatoms. The summed E-state index contributed by atoms with van der Waals surface area (Å²) < 4.78 is 27.0. The predicted octanol–water partition coefficient (Wildman–Crippen LogP) is 3.94. The highest BCUT2D eigenvalue weighted by atomic mass is 35.5. The maximum Gasteiger partial charge on any atom is 0.232 e. The third kappa shape index (κ3) is 3.91. The minimum Gasteiger partial charge on any atom is -0.495 e. The van der Waals surface area contributed by atoms with Gasteiger partial charge in [0.15, 0.2) is 11.5 Å². The molecule has 1 aliphatic rings. The SMILES string of the molecule is COc1ccc(Cl)cc1N1C[C@H](c2nc(-c3cc(OC)c(OC)c(OC)c3)no2)CC1=O. The maximum atomic E-state index is 12.7. The molecule has 2 heterocycles. The van der Waals surface area contributed by atoms with E-state index in [1.54, 1.807) is 42.3 Å². The molecule has 0 unspecified atom stereocenters. The van der Waals surface area contributed by atoms with Crippen LogP contribution in [-0.2, 0) is 4.79 Å². The van der Waals surface area contributed by atoms with Gasteiger partial charge in [-0.1, -0.05) is 16.8 Å². The Morgan fingerprint density at radius 3 is 2.31 bits per heavy atom. The average molecular weight is 460 g/mol. The van der Waals surface area contributed by atoms with E-state index < -0.39 is 0 Å². The van der Waals surface area contributed by atoms with E-state index in [1.807, 2.05) is 0 Å². The van der Waals surface area contributed by atoms with Crippen molar-refractivity contribution in [2.24, 2.45) is 0 Å². The quantitative estimate of drug-likeness (QED) is 0.524. The van der Waals surface area contributed by atoms with Gasteiger partial charge in [0.25, 0.3) is 0 Å². The van der Waals surface area contributed by atoms with Gasteiger partial charge in [-0.25, -0.2) is 0 Å². The molecular weight excluding hydrogens is 438 g/mol. The molecule has 0 bridgehead atoms. The molecule has 0 saturated carbocycles. The first-order valence-corrected chi connectivity index (χ1v) is 10.1. The molecule has 1 fully saturated rings. The van der Waals surface area contributed by atoms with Crippen LogP contribution in [0.4, 0.5) is 5.69 Å². The van der Waals surface area contributed by atoms with E-state index in [2.05, 4.69) is 10.1 Å². The number of benzene rings is 2. The molecule has 32 heavy (non-hydrogen) atoms. The number of hydrogen-bond acceptors (Lipinski definition) is 8. The van der Waals surface area contributed by atoms with Gasteiger partial charge in [0.1, 0.15) is 5.75 Å². The van der Waals surface area contributed by atoms with Gasteiger partial charge < -0.3 is 28.4 Å². The Morgan fingerprint density at radius 1 is 1.00 bits per heavy atom. The second-order valence-electron chi connectivity index (χ2n) is 7.09. The number of carbonyl (C=O) groups is 1. The highest BCUT2D eigenvalue weighted by Crippen LogP contribution is 2.41. The van der Waals surface area contributed by atoms with E-state index in [-0.39, 0.29) is 18.2 Å². The summed E-state index contributed by atoms with van der Waals surface area (Å²) in [6, 6.07) is 8.62. The Balaban J connectivity index is 1.62. The van der Waals surface area contributed by atoms with Crippen molar-refractivity contribution in [2.75, 3.05) is 39.9 Å². The Morgan fingerprint density at radius 2 is 1.69 bits per heavy atom. The Bertz CT molecular complexity index is 1120. The van der Waals surface area contributed by atoms with Crippen LogP contribution in [-0.4, -0.2) is 51.0 Å². The van der Waals surface area contributed by atoms with Crippen LogP contribution in [0.5, 0.6) is 23.0 Å². The summed E-state index contributed by atoms with van der Waals surface area (Å²) >= 11 is 6.13. The number of anilines is 1. The zero-order chi connectivity index (χ0) is 22.8. The lowest BCUT2D eigenvalue weighted by molar-refractivity contribution is -0.117. The molecule has 0 N–H and O–H groups in total. The number of halogens is 1. The van der Waals surface area contributed by atoms with Crippen LogP contribution in [0.1, 0.15) is 18.2 Å². The van der Waals surface area contributed by atoms with Gasteiger partial charge >= 0.3 is 0 Å². The van der Waals surface area contributed by atoms with E-state index in [0.29, 0.717) is 57.5 Å². The van der Waals surface area contributed by atoms with Crippen molar-refractivity contribution in [3.05, 3.63) is 41.2 Å². The summed E-state index contributed by atoms with van der Waals surface area (Å²) in [5.74, 6) is 2.35. The summed E-state index contributed by atoms with van der Waals surface area (Å²) in [6.45, 7) is 0.367. The zero-order valence-electron chi connectivity index (χ0n) is 18.0.